The van der Waals surface area contributed by atoms with Gasteiger partial charge in [-0.05, 0) is 45.1 Å². The van der Waals surface area contributed by atoms with Crippen molar-refractivity contribution >= 4 is 27.7 Å². The van der Waals surface area contributed by atoms with Gasteiger partial charge in [-0.25, -0.2) is 0 Å². The van der Waals surface area contributed by atoms with Crippen LogP contribution in [0.3, 0.4) is 0 Å². The lowest BCUT2D eigenvalue weighted by molar-refractivity contribution is -0.196. The second-order valence-electron chi connectivity index (χ2n) is 8.05. The zero-order chi connectivity index (χ0) is 18.6. The first-order valence-corrected chi connectivity index (χ1v) is 10.1. The van der Waals surface area contributed by atoms with Crippen LogP contribution in [0.1, 0.15) is 47.5 Å². The van der Waals surface area contributed by atoms with Crippen molar-refractivity contribution in [2.75, 3.05) is 5.33 Å². The molecule has 6 heteroatoms. The Hall–Kier alpha value is -0.720. The van der Waals surface area contributed by atoms with E-state index in [9.17, 15) is 9.59 Å². The standard InChI is InChI=1S/C19H27BrO5/c1-10-8-14-13(15(22)9-20)7-6-11(2)19(14)17(16(10)23-12(3)21)24-18(4,5)25-19/h8,11,13-14,16-17H,6-7,9H2,1-5H3. The number of hydrogen-bond donors (Lipinski definition) is 0. The second-order valence-corrected chi connectivity index (χ2v) is 8.61. The average molecular weight is 415 g/mol. The molecule has 0 aromatic rings. The van der Waals surface area contributed by atoms with Gasteiger partial charge in [0.1, 0.15) is 17.5 Å². The van der Waals surface area contributed by atoms with Crippen LogP contribution in [-0.2, 0) is 23.8 Å². The quantitative estimate of drug-likeness (QED) is 0.402. The molecule has 5 nitrogen and oxygen atoms in total. The summed E-state index contributed by atoms with van der Waals surface area (Å²) in [6.07, 6.45) is 2.94. The summed E-state index contributed by atoms with van der Waals surface area (Å²) in [5.41, 5.74) is 0.285. The molecule has 1 spiro atoms. The van der Waals surface area contributed by atoms with Crippen LogP contribution in [0.25, 0.3) is 0 Å². The molecule has 0 bridgehead atoms. The molecule has 2 fully saturated rings. The van der Waals surface area contributed by atoms with Crippen LogP contribution in [0, 0.1) is 17.8 Å². The minimum Gasteiger partial charge on any atom is -0.455 e. The van der Waals surface area contributed by atoms with E-state index in [-0.39, 0.29) is 29.5 Å². The van der Waals surface area contributed by atoms with Crippen molar-refractivity contribution in [3.05, 3.63) is 11.6 Å². The molecular formula is C19H27BrO5. The molecule has 3 aliphatic rings. The summed E-state index contributed by atoms with van der Waals surface area (Å²) in [5.74, 6) is -0.905. The summed E-state index contributed by atoms with van der Waals surface area (Å²) in [7, 11) is 0. The summed E-state index contributed by atoms with van der Waals surface area (Å²) in [6, 6.07) is 0. The van der Waals surface area contributed by atoms with Crippen molar-refractivity contribution in [2.45, 2.75) is 71.1 Å². The topological polar surface area (TPSA) is 61.8 Å². The highest BCUT2D eigenvalue weighted by molar-refractivity contribution is 9.09. The molecule has 3 rings (SSSR count). The number of rotatable bonds is 3. The fourth-order valence-electron chi connectivity index (χ4n) is 4.98. The minimum absolute atomic E-state index is 0.0696. The van der Waals surface area contributed by atoms with Crippen LogP contribution in [0.4, 0.5) is 0 Å². The SMILES string of the molecule is CC(=O)OC1C(C)=CC2C(C(=O)CBr)CCC(C)C23OC(C)(C)OC13. The van der Waals surface area contributed by atoms with Gasteiger partial charge >= 0.3 is 5.97 Å². The van der Waals surface area contributed by atoms with E-state index in [4.69, 9.17) is 14.2 Å². The zero-order valence-corrected chi connectivity index (χ0v) is 17.1. The van der Waals surface area contributed by atoms with Crippen molar-refractivity contribution < 1.29 is 23.8 Å². The first-order valence-electron chi connectivity index (χ1n) is 8.94. The predicted molar refractivity (Wildman–Crippen MR) is 96.3 cm³/mol. The highest BCUT2D eigenvalue weighted by Gasteiger charge is 2.67. The predicted octanol–water partition coefficient (Wildman–Crippen LogP) is 3.39. The van der Waals surface area contributed by atoms with Gasteiger partial charge in [0, 0.05) is 18.8 Å². The van der Waals surface area contributed by atoms with Gasteiger partial charge in [0.25, 0.3) is 0 Å². The van der Waals surface area contributed by atoms with Gasteiger partial charge in [0.2, 0.25) is 0 Å². The summed E-state index contributed by atoms with van der Waals surface area (Å²) >= 11 is 3.32. The molecule has 6 unspecified atom stereocenters. The van der Waals surface area contributed by atoms with Gasteiger partial charge in [-0.2, -0.15) is 0 Å². The van der Waals surface area contributed by atoms with E-state index in [1.165, 1.54) is 6.92 Å². The third-order valence-corrected chi connectivity index (χ3v) is 6.47. The highest BCUT2D eigenvalue weighted by atomic mass is 79.9. The number of carbonyl (C=O) groups is 2. The summed E-state index contributed by atoms with van der Waals surface area (Å²) in [4.78, 5) is 24.2. The van der Waals surface area contributed by atoms with Crippen LogP contribution >= 0.6 is 15.9 Å². The number of Topliss-reactive ketones (excluding diaryl/α,β-unsaturated/α-hetero) is 1. The van der Waals surface area contributed by atoms with Crippen LogP contribution in [0.2, 0.25) is 0 Å². The molecule has 25 heavy (non-hydrogen) atoms. The Labute approximate surface area is 157 Å². The molecule has 0 amide bonds. The van der Waals surface area contributed by atoms with E-state index in [0.29, 0.717) is 5.33 Å². The average Bonchev–Trinajstić information content (AvgIpc) is 2.81. The first-order chi connectivity index (χ1) is 11.6. The Morgan fingerprint density at radius 1 is 1.36 bits per heavy atom. The van der Waals surface area contributed by atoms with Crippen LogP contribution in [0.5, 0.6) is 0 Å². The van der Waals surface area contributed by atoms with Crippen LogP contribution in [0.15, 0.2) is 11.6 Å². The second kappa shape index (κ2) is 6.46. The van der Waals surface area contributed by atoms with Gasteiger partial charge in [-0.1, -0.05) is 28.9 Å². The first kappa shape index (κ1) is 19.1. The molecule has 1 heterocycles. The van der Waals surface area contributed by atoms with Crippen molar-refractivity contribution in [1.82, 2.24) is 0 Å². The molecule has 6 atom stereocenters. The van der Waals surface area contributed by atoms with Gasteiger partial charge in [-0.15, -0.1) is 0 Å². The number of hydrogen-bond acceptors (Lipinski definition) is 5. The molecule has 1 saturated carbocycles. The molecular weight excluding hydrogens is 388 g/mol. The number of carbonyl (C=O) groups excluding carboxylic acids is 2. The van der Waals surface area contributed by atoms with Gasteiger partial charge in [0.15, 0.2) is 11.9 Å². The number of esters is 1. The highest BCUT2D eigenvalue weighted by Crippen LogP contribution is 2.58. The Kier molecular flexibility index (Phi) is 4.93. The number of ether oxygens (including phenoxy) is 3. The van der Waals surface area contributed by atoms with E-state index in [1.54, 1.807) is 0 Å². The third-order valence-electron chi connectivity index (χ3n) is 5.92. The van der Waals surface area contributed by atoms with Crippen LogP contribution < -0.4 is 0 Å². The van der Waals surface area contributed by atoms with E-state index in [2.05, 4.69) is 28.9 Å². The summed E-state index contributed by atoms with van der Waals surface area (Å²) in [5, 5.41) is 0.341. The molecule has 1 aliphatic heterocycles. The van der Waals surface area contributed by atoms with Crippen LogP contribution in [-0.4, -0.2) is 40.7 Å². The van der Waals surface area contributed by atoms with Crippen molar-refractivity contribution in [2.24, 2.45) is 17.8 Å². The van der Waals surface area contributed by atoms with Gasteiger partial charge in [-0.3, -0.25) is 9.59 Å². The summed E-state index contributed by atoms with van der Waals surface area (Å²) < 4.78 is 18.4. The number of alkyl halides is 1. The fourth-order valence-corrected chi connectivity index (χ4v) is 5.39. The minimum atomic E-state index is -0.784. The largest absolute Gasteiger partial charge is 0.455 e. The molecule has 0 radical (unpaired) electrons. The molecule has 140 valence electrons. The normalized spacial score (nSPS) is 42.2. The van der Waals surface area contributed by atoms with Crippen molar-refractivity contribution in [1.29, 1.82) is 0 Å². The lowest BCUT2D eigenvalue weighted by Crippen LogP contribution is -2.63. The van der Waals surface area contributed by atoms with E-state index < -0.39 is 23.6 Å². The van der Waals surface area contributed by atoms with E-state index in [1.807, 2.05) is 20.8 Å². The Morgan fingerprint density at radius 3 is 2.64 bits per heavy atom. The van der Waals surface area contributed by atoms with E-state index in [0.717, 1.165) is 18.4 Å². The lowest BCUT2D eigenvalue weighted by atomic mass is 9.57. The smallest absolute Gasteiger partial charge is 0.303 e. The molecule has 0 N–H and O–H groups in total. The Balaban J connectivity index is 2.12. The Bertz CT molecular complexity index is 613. The molecule has 0 aromatic carbocycles. The number of halogens is 1. The summed E-state index contributed by atoms with van der Waals surface area (Å²) in [6.45, 7) is 9.29. The zero-order valence-electron chi connectivity index (χ0n) is 15.5. The van der Waals surface area contributed by atoms with Gasteiger partial charge < -0.3 is 14.2 Å². The third kappa shape index (κ3) is 3.00. The maximum Gasteiger partial charge on any atom is 0.303 e. The fraction of sp³-hybridized carbons (Fsp3) is 0.789. The van der Waals surface area contributed by atoms with Gasteiger partial charge in [0.05, 0.1) is 5.33 Å². The van der Waals surface area contributed by atoms with E-state index >= 15 is 0 Å². The van der Waals surface area contributed by atoms with Crippen molar-refractivity contribution in [3.63, 3.8) is 0 Å². The van der Waals surface area contributed by atoms with Crippen molar-refractivity contribution in [3.8, 4) is 0 Å². The maximum atomic E-state index is 12.6. The molecule has 1 saturated heterocycles. The molecule has 0 aromatic heterocycles. The Morgan fingerprint density at radius 2 is 2.04 bits per heavy atom. The lowest BCUT2D eigenvalue weighted by Gasteiger charge is -2.53. The maximum absolute atomic E-state index is 12.6. The monoisotopic (exact) mass is 414 g/mol. The number of ketones is 1. The molecule has 2 aliphatic carbocycles.